The van der Waals surface area contributed by atoms with Gasteiger partial charge in [0, 0.05) is 12.6 Å². The number of carbonyl (C=O) groups is 1. The molecule has 1 saturated heterocycles. The number of benzene rings is 1. The van der Waals surface area contributed by atoms with Crippen LogP contribution in [0, 0.1) is 11.6 Å². The van der Waals surface area contributed by atoms with Crippen molar-refractivity contribution in [3.8, 4) is 0 Å². The van der Waals surface area contributed by atoms with Gasteiger partial charge < -0.3 is 9.64 Å². The highest BCUT2D eigenvalue weighted by atomic mass is 32.2. The van der Waals surface area contributed by atoms with Crippen LogP contribution in [0.2, 0.25) is 0 Å². The van der Waals surface area contributed by atoms with Gasteiger partial charge in [0.05, 0.1) is 12.6 Å². The van der Waals surface area contributed by atoms with Crippen LogP contribution in [0.3, 0.4) is 0 Å². The Morgan fingerprint density at radius 2 is 2.09 bits per heavy atom. The number of likely N-dealkylation sites (tertiary alicyclic amines) is 1. The van der Waals surface area contributed by atoms with Gasteiger partial charge in [-0.25, -0.2) is 13.6 Å². The van der Waals surface area contributed by atoms with Crippen LogP contribution in [0.25, 0.3) is 0 Å². The quantitative estimate of drug-likeness (QED) is 0.608. The SMILES string of the molecule is CCOC(=O)N=C(SC)N1CCC[C@@H]1c1cc(F)cc(F)c1. The molecule has 1 aromatic carbocycles. The number of carbonyl (C=O) groups excluding carboxylic acids is 1. The number of hydrogen-bond acceptors (Lipinski definition) is 3. The monoisotopic (exact) mass is 328 g/mol. The number of ether oxygens (including phenoxy) is 1. The van der Waals surface area contributed by atoms with Crippen LogP contribution in [-0.4, -0.2) is 35.6 Å². The Kier molecular flexibility index (Phi) is 5.76. The Hall–Kier alpha value is -1.63. The van der Waals surface area contributed by atoms with Crippen molar-refractivity contribution in [3.05, 3.63) is 35.4 Å². The van der Waals surface area contributed by atoms with Crippen LogP contribution in [0.15, 0.2) is 23.2 Å². The van der Waals surface area contributed by atoms with Crippen molar-refractivity contribution >= 4 is 23.0 Å². The maximum atomic E-state index is 13.4. The molecule has 0 spiro atoms. The van der Waals surface area contributed by atoms with E-state index in [1.807, 2.05) is 4.90 Å². The van der Waals surface area contributed by atoms with Crippen LogP contribution >= 0.6 is 11.8 Å². The molecule has 1 fully saturated rings. The van der Waals surface area contributed by atoms with Crippen LogP contribution in [0.4, 0.5) is 13.6 Å². The van der Waals surface area contributed by atoms with Gasteiger partial charge in [-0.3, -0.25) is 0 Å². The van der Waals surface area contributed by atoms with Gasteiger partial charge in [0.25, 0.3) is 0 Å². The highest BCUT2D eigenvalue weighted by Gasteiger charge is 2.29. The fraction of sp³-hybridized carbons (Fsp3) is 0.467. The number of rotatable bonds is 2. The molecule has 1 aliphatic heterocycles. The fourth-order valence-electron chi connectivity index (χ4n) is 2.57. The lowest BCUT2D eigenvalue weighted by molar-refractivity contribution is 0.163. The summed E-state index contributed by atoms with van der Waals surface area (Å²) in [6, 6.07) is 3.32. The molecule has 22 heavy (non-hydrogen) atoms. The maximum absolute atomic E-state index is 13.4. The molecule has 1 aliphatic rings. The molecule has 0 saturated carbocycles. The number of nitrogens with zero attached hydrogens (tertiary/aromatic N) is 2. The summed E-state index contributed by atoms with van der Waals surface area (Å²) in [7, 11) is 0. The van der Waals surface area contributed by atoms with Gasteiger partial charge >= 0.3 is 6.09 Å². The molecule has 0 aliphatic carbocycles. The van der Waals surface area contributed by atoms with Gasteiger partial charge in [-0.2, -0.15) is 4.99 Å². The number of halogens is 2. The minimum atomic E-state index is -0.650. The van der Waals surface area contributed by atoms with Gasteiger partial charge in [0.1, 0.15) is 11.6 Å². The van der Waals surface area contributed by atoms with Crippen LogP contribution in [0.1, 0.15) is 31.4 Å². The second-order valence-corrected chi connectivity index (χ2v) is 5.63. The Labute approximate surface area is 132 Å². The normalized spacial score (nSPS) is 18.6. The van der Waals surface area contributed by atoms with Crippen molar-refractivity contribution < 1.29 is 18.3 Å². The summed E-state index contributed by atoms with van der Waals surface area (Å²) in [5.74, 6) is -1.20. The minimum Gasteiger partial charge on any atom is -0.448 e. The molecule has 0 radical (unpaired) electrons. The Morgan fingerprint density at radius 3 is 2.68 bits per heavy atom. The van der Waals surface area contributed by atoms with Gasteiger partial charge in [-0.1, -0.05) is 11.8 Å². The minimum absolute atomic E-state index is 0.189. The largest absolute Gasteiger partial charge is 0.448 e. The molecule has 1 atom stereocenters. The fourth-order valence-corrected chi connectivity index (χ4v) is 3.19. The summed E-state index contributed by atoms with van der Waals surface area (Å²) in [6.45, 7) is 2.64. The first-order chi connectivity index (χ1) is 10.5. The van der Waals surface area contributed by atoms with Gasteiger partial charge in [-0.15, -0.1) is 0 Å². The zero-order valence-corrected chi connectivity index (χ0v) is 13.3. The van der Waals surface area contributed by atoms with Crippen LogP contribution in [0.5, 0.6) is 0 Å². The Bertz CT molecular complexity index is 560. The second-order valence-electron chi connectivity index (χ2n) is 4.85. The topological polar surface area (TPSA) is 41.9 Å². The van der Waals surface area contributed by atoms with E-state index in [-0.39, 0.29) is 12.6 Å². The first-order valence-corrected chi connectivity index (χ1v) is 8.29. The summed E-state index contributed by atoms with van der Waals surface area (Å²) >= 11 is 1.32. The second kappa shape index (κ2) is 7.58. The summed E-state index contributed by atoms with van der Waals surface area (Å²) in [6.07, 6.45) is 2.78. The van der Waals surface area contributed by atoms with E-state index in [4.69, 9.17) is 4.74 Å². The molecule has 0 aromatic heterocycles. The van der Waals surface area contributed by atoms with Crippen molar-refractivity contribution in [1.82, 2.24) is 4.90 Å². The molecular formula is C15H18F2N2O2S. The number of aliphatic imine (C=N–C) groups is 1. The lowest BCUT2D eigenvalue weighted by Gasteiger charge is -2.27. The molecule has 2 rings (SSSR count). The third-order valence-corrected chi connectivity index (χ3v) is 4.10. The molecule has 4 nitrogen and oxygen atoms in total. The van der Waals surface area contributed by atoms with E-state index >= 15 is 0 Å². The molecule has 1 aromatic rings. The molecule has 0 N–H and O–H groups in total. The van der Waals surface area contributed by atoms with Crippen LogP contribution in [-0.2, 0) is 4.74 Å². The lowest BCUT2D eigenvalue weighted by atomic mass is 10.0. The third kappa shape index (κ3) is 3.97. The predicted octanol–water partition coefficient (Wildman–Crippen LogP) is 3.98. The van der Waals surface area contributed by atoms with E-state index in [0.29, 0.717) is 17.3 Å². The van der Waals surface area contributed by atoms with E-state index in [1.54, 1.807) is 13.2 Å². The number of hydrogen-bond donors (Lipinski definition) is 0. The van der Waals surface area contributed by atoms with E-state index in [0.717, 1.165) is 18.9 Å². The standard InChI is InChI=1S/C15H18F2N2O2S/c1-3-21-15(20)18-14(22-2)19-6-4-5-13(19)10-7-11(16)9-12(17)8-10/h7-9,13H,3-6H2,1-2H3/t13-/m1/s1. The van der Waals surface area contributed by atoms with Gasteiger partial charge in [-0.05, 0) is 43.7 Å². The highest BCUT2D eigenvalue weighted by molar-refractivity contribution is 8.13. The van der Waals surface area contributed by atoms with E-state index in [2.05, 4.69) is 4.99 Å². The van der Waals surface area contributed by atoms with E-state index in [9.17, 15) is 13.6 Å². The Morgan fingerprint density at radius 1 is 1.41 bits per heavy atom. The van der Waals surface area contributed by atoms with E-state index < -0.39 is 17.7 Å². The Balaban J connectivity index is 2.27. The van der Waals surface area contributed by atoms with Gasteiger partial charge in [0.15, 0.2) is 5.17 Å². The molecule has 0 unspecified atom stereocenters. The lowest BCUT2D eigenvalue weighted by Crippen LogP contribution is -2.29. The molecule has 1 heterocycles. The summed E-state index contributed by atoms with van der Waals surface area (Å²) in [5.41, 5.74) is 0.556. The van der Waals surface area contributed by atoms with Gasteiger partial charge in [0.2, 0.25) is 0 Å². The van der Waals surface area contributed by atoms with E-state index in [1.165, 1.54) is 23.9 Å². The smallest absolute Gasteiger partial charge is 0.436 e. The number of amides is 1. The van der Waals surface area contributed by atoms with Crippen molar-refractivity contribution in [1.29, 1.82) is 0 Å². The average molecular weight is 328 g/mol. The molecule has 0 bridgehead atoms. The third-order valence-electron chi connectivity index (χ3n) is 3.41. The maximum Gasteiger partial charge on any atom is 0.436 e. The molecule has 120 valence electrons. The molecule has 1 amide bonds. The van der Waals surface area contributed by atoms with Crippen molar-refractivity contribution in [2.24, 2.45) is 4.99 Å². The summed E-state index contributed by atoms with van der Waals surface area (Å²) in [4.78, 5) is 17.4. The zero-order chi connectivity index (χ0) is 16.1. The average Bonchev–Trinajstić information content (AvgIpc) is 2.93. The number of thioether (sulfide) groups is 1. The summed E-state index contributed by atoms with van der Waals surface area (Å²) < 4.78 is 31.7. The van der Waals surface area contributed by atoms with Crippen molar-refractivity contribution in [3.63, 3.8) is 0 Å². The zero-order valence-electron chi connectivity index (χ0n) is 12.5. The van der Waals surface area contributed by atoms with Crippen LogP contribution < -0.4 is 0 Å². The highest BCUT2D eigenvalue weighted by Crippen LogP contribution is 2.34. The summed E-state index contributed by atoms with van der Waals surface area (Å²) in [5, 5.41) is 0.505. The first kappa shape index (κ1) is 16.7. The number of amidine groups is 1. The first-order valence-electron chi connectivity index (χ1n) is 7.07. The molecule has 7 heteroatoms. The predicted molar refractivity (Wildman–Crippen MR) is 83.0 cm³/mol. The van der Waals surface area contributed by atoms with Crippen molar-refractivity contribution in [2.45, 2.75) is 25.8 Å². The van der Waals surface area contributed by atoms with Crippen molar-refractivity contribution in [2.75, 3.05) is 19.4 Å². The molecular weight excluding hydrogens is 310 g/mol.